The van der Waals surface area contributed by atoms with Gasteiger partial charge in [0.05, 0.1) is 23.5 Å². The molecule has 4 rings (SSSR count). The summed E-state index contributed by atoms with van der Waals surface area (Å²) in [4.78, 5) is 24.1. The van der Waals surface area contributed by atoms with Crippen molar-refractivity contribution in [2.45, 2.75) is 32.9 Å². The van der Waals surface area contributed by atoms with Crippen molar-refractivity contribution < 1.29 is 13.9 Å². The zero-order valence-electron chi connectivity index (χ0n) is 17.6. The summed E-state index contributed by atoms with van der Waals surface area (Å²) in [6.45, 7) is 7.40. The van der Waals surface area contributed by atoms with E-state index in [4.69, 9.17) is 4.74 Å². The van der Waals surface area contributed by atoms with Crippen molar-refractivity contribution in [3.05, 3.63) is 53.9 Å². The van der Waals surface area contributed by atoms with Gasteiger partial charge < -0.3 is 14.5 Å². The number of carbonyl (C=O) groups is 1. The summed E-state index contributed by atoms with van der Waals surface area (Å²) in [7, 11) is 0. The summed E-state index contributed by atoms with van der Waals surface area (Å²) in [6, 6.07) is 7.54. The molecule has 3 heterocycles. The minimum absolute atomic E-state index is 0.00607. The minimum Gasteiger partial charge on any atom is -0.475 e. The van der Waals surface area contributed by atoms with E-state index in [1.807, 2.05) is 20.8 Å². The van der Waals surface area contributed by atoms with Crippen molar-refractivity contribution in [2.75, 3.05) is 24.5 Å². The van der Waals surface area contributed by atoms with E-state index in [2.05, 4.69) is 25.2 Å². The second-order valence-electron chi connectivity index (χ2n) is 7.63. The number of halogens is 1. The van der Waals surface area contributed by atoms with Gasteiger partial charge in [0.15, 0.2) is 0 Å². The molecule has 0 saturated carbocycles. The molecule has 1 unspecified atom stereocenters. The largest absolute Gasteiger partial charge is 0.475 e. The summed E-state index contributed by atoms with van der Waals surface area (Å²) in [5.41, 5.74) is 2.18. The van der Waals surface area contributed by atoms with Crippen LogP contribution in [-0.2, 0) is 4.79 Å². The number of hydrogen-bond donors (Lipinski definition) is 0. The second kappa shape index (κ2) is 8.66. The van der Waals surface area contributed by atoms with Gasteiger partial charge in [0.2, 0.25) is 12.3 Å². The van der Waals surface area contributed by atoms with E-state index in [-0.39, 0.29) is 18.0 Å². The lowest BCUT2D eigenvalue weighted by atomic mass is 10.1. The van der Waals surface area contributed by atoms with Gasteiger partial charge in [0, 0.05) is 25.7 Å². The van der Waals surface area contributed by atoms with Gasteiger partial charge in [-0.1, -0.05) is 5.21 Å². The van der Waals surface area contributed by atoms with E-state index < -0.39 is 0 Å². The topological polar surface area (TPSA) is 89.3 Å². The van der Waals surface area contributed by atoms with Gasteiger partial charge in [-0.25, -0.2) is 19.0 Å². The van der Waals surface area contributed by atoms with Crippen LogP contribution in [0, 0.1) is 12.7 Å². The molecule has 0 N–H and O–H groups in total. The lowest BCUT2D eigenvalue weighted by Crippen LogP contribution is -2.48. The van der Waals surface area contributed by atoms with Gasteiger partial charge in [-0.3, -0.25) is 4.79 Å². The number of piperazine rings is 1. The first-order chi connectivity index (χ1) is 15.0. The lowest BCUT2D eigenvalue weighted by Gasteiger charge is -2.39. The fraction of sp³-hybridized carbons (Fsp3) is 0.381. The third-order valence-corrected chi connectivity index (χ3v) is 5.18. The Morgan fingerprint density at radius 1 is 1.19 bits per heavy atom. The molecule has 0 aliphatic carbocycles. The van der Waals surface area contributed by atoms with Gasteiger partial charge in [-0.2, -0.15) is 0 Å². The van der Waals surface area contributed by atoms with Gasteiger partial charge in [-0.15, -0.1) is 5.10 Å². The Bertz CT molecular complexity index is 1050. The first-order valence-electron chi connectivity index (χ1n) is 10.1. The Hall–Kier alpha value is -3.56. The molecule has 31 heavy (non-hydrogen) atoms. The summed E-state index contributed by atoms with van der Waals surface area (Å²) in [5.74, 6) is 0.917. The highest BCUT2D eigenvalue weighted by molar-refractivity contribution is 5.52. The molecule has 0 radical (unpaired) electrons. The fourth-order valence-corrected chi connectivity index (χ4v) is 3.66. The zero-order valence-corrected chi connectivity index (χ0v) is 17.6. The lowest BCUT2D eigenvalue weighted by molar-refractivity contribution is -0.120. The van der Waals surface area contributed by atoms with E-state index in [1.165, 1.54) is 18.5 Å². The van der Waals surface area contributed by atoms with E-state index >= 15 is 0 Å². The average molecular weight is 425 g/mol. The predicted molar refractivity (Wildman–Crippen MR) is 112 cm³/mol. The molecule has 10 heteroatoms. The highest BCUT2D eigenvalue weighted by atomic mass is 19.1. The van der Waals surface area contributed by atoms with Crippen LogP contribution in [0.3, 0.4) is 0 Å². The maximum absolute atomic E-state index is 13.3. The molecule has 1 saturated heterocycles. The van der Waals surface area contributed by atoms with Crippen molar-refractivity contribution in [1.82, 2.24) is 29.9 Å². The maximum atomic E-state index is 13.3. The molecule has 0 bridgehead atoms. The Balaban J connectivity index is 1.61. The number of hydrogen-bond acceptors (Lipinski definition) is 7. The Morgan fingerprint density at radius 3 is 2.68 bits per heavy atom. The van der Waals surface area contributed by atoms with Crippen LogP contribution in [0.2, 0.25) is 0 Å². The molecule has 2 aromatic heterocycles. The quantitative estimate of drug-likeness (QED) is 0.560. The SMILES string of the molecule is Cc1c(C2CN(c3cc(OC(C)C)ncn3)CCN2C=O)nnn1-c1ccc(F)cc1. The Morgan fingerprint density at radius 2 is 1.97 bits per heavy atom. The molecule has 0 spiro atoms. The molecule has 1 aliphatic heterocycles. The third-order valence-electron chi connectivity index (χ3n) is 5.18. The van der Waals surface area contributed by atoms with Crippen molar-refractivity contribution in [3.63, 3.8) is 0 Å². The number of rotatable bonds is 6. The highest BCUT2D eigenvalue weighted by Crippen LogP contribution is 2.29. The van der Waals surface area contributed by atoms with Crippen LogP contribution >= 0.6 is 0 Å². The summed E-state index contributed by atoms with van der Waals surface area (Å²) >= 11 is 0. The predicted octanol–water partition coefficient (Wildman–Crippen LogP) is 2.31. The molecule has 1 fully saturated rings. The number of ether oxygens (including phenoxy) is 1. The van der Waals surface area contributed by atoms with E-state index in [0.29, 0.717) is 36.9 Å². The Labute approximate surface area is 179 Å². The summed E-state index contributed by atoms with van der Waals surface area (Å²) in [6.07, 6.45) is 2.32. The van der Waals surface area contributed by atoms with Crippen LogP contribution in [0.25, 0.3) is 5.69 Å². The van der Waals surface area contributed by atoms with Crippen molar-refractivity contribution in [2.24, 2.45) is 0 Å². The summed E-state index contributed by atoms with van der Waals surface area (Å²) in [5, 5.41) is 8.60. The summed E-state index contributed by atoms with van der Waals surface area (Å²) < 4.78 is 20.6. The van der Waals surface area contributed by atoms with Crippen LogP contribution in [0.15, 0.2) is 36.7 Å². The Kier molecular flexibility index (Phi) is 5.79. The number of nitrogens with zero attached hydrogens (tertiary/aromatic N) is 7. The normalized spacial score (nSPS) is 16.6. The van der Waals surface area contributed by atoms with Crippen molar-refractivity contribution >= 4 is 12.2 Å². The fourth-order valence-electron chi connectivity index (χ4n) is 3.66. The second-order valence-corrected chi connectivity index (χ2v) is 7.63. The molecule has 162 valence electrons. The number of carbonyl (C=O) groups excluding carboxylic acids is 1. The minimum atomic E-state index is -0.317. The molecule has 1 aromatic carbocycles. The number of anilines is 1. The monoisotopic (exact) mass is 425 g/mol. The van der Waals surface area contributed by atoms with Crippen LogP contribution in [-0.4, -0.2) is 62.0 Å². The smallest absolute Gasteiger partial charge is 0.218 e. The van der Waals surface area contributed by atoms with Crippen LogP contribution in [0.4, 0.5) is 10.2 Å². The van der Waals surface area contributed by atoms with Crippen molar-refractivity contribution in [1.29, 1.82) is 0 Å². The number of amides is 1. The maximum Gasteiger partial charge on any atom is 0.218 e. The molecule has 1 amide bonds. The van der Waals surface area contributed by atoms with Gasteiger partial charge in [0.25, 0.3) is 0 Å². The molecule has 1 aliphatic rings. The first kappa shape index (κ1) is 20.7. The number of benzene rings is 1. The highest BCUT2D eigenvalue weighted by Gasteiger charge is 2.32. The van der Waals surface area contributed by atoms with Crippen LogP contribution in [0.5, 0.6) is 5.88 Å². The molecular formula is C21H24FN7O2. The van der Waals surface area contributed by atoms with Gasteiger partial charge in [0.1, 0.15) is 23.7 Å². The molecule has 1 atom stereocenters. The van der Waals surface area contributed by atoms with Crippen molar-refractivity contribution in [3.8, 4) is 11.6 Å². The van der Waals surface area contributed by atoms with E-state index in [0.717, 1.165) is 17.9 Å². The van der Waals surface area contributed by atoms with E-state index in [1.54, 1.807) is 27.8 Å². The molecule has 9 nitrogen and oxygen atoms in total. The zero-order chi connectivity index (χ0) is 22.0. The standard InChI is InChI=1S/C21H24FN7O2/c1-14(2)31-20-10-19(23-12-24-20)27-8-9-28(13-30)18(11-27)21-15(3)29(26-25-21)17-6-4-16(22)5-7-17/h4-7,10,12-14,18H,8-9,11H2,1-3H3. The van der Waals surface area contributed by atoms with E-state index in [9.17, 15) is 9.18 Å². The first-order valence-corrected chi connectivity index (χ1v) is 10.1. The third kappa shape index (κ3) is 4.32. The van der Waals surface area contributed by atoms with Gasteiger partial charge in [-0.05, 0) is 45.0 Å². The van der Waals surface area contributed by atoms with Crippen LogP contribution < -0.4 is 9.64 Å². The van der Waals surface area contributed by atoms with Crippen LogP contribution in [0.1, 0.15) is 31.3 Å². The average Bonchev–Trinajstić information content (AvgIpc) is 3.14. The molecule has 3 aromatic rings. The molecular weight excluding hydrogens is 401 g/mol. The van der Waals surface area contributed by atoms with Gasteiger partial charge >= 0.3 is 0 Å². The number of aromatic nitrogens is 5.